The lowest BCUT2D eigenvalue weighted by Gasteiger charge is -2.26. The molecule has 0 heterocycles. The SMILES string of the molecule is CCCc1ccc(C(C)(N)c2ccccc2F)cc1. The highest BCUT2D eigenvalue weighted by Crippen LogP contribution is 2.28. The summed E-state index contributed by atoms with van der Waals surface area (Å²) in [6.45, 7) is 4.00. The average Bonchev–Trinajstić information content (AvgIpc) is 2.40. The third-order valence-corrected chi connectivity index (χ3v) is 3.53. The van der Waals surface area contributed by atoms with Crippen LogP contribution in [-0.4, -0.2) is 0 Å². The van der Waals surface area contributed by atoms with Crippen LogP contribution in [0, 0.1) is 5.82 Å². The number of hydrogen-bond acceptors (Lipinski definition) is 1. The van der Waals surface area contributed by atoms with Gasteiger partial charge in [0.15, 0.2) is 0 Å². The van der Waals surface area contributed by atoms with Crippen LogP contribution < -0.4 is 5.73 Å². The molecule has 1 nitrogen and oxygen atoms in total. The average molecular weight is 257 g/mol. The van der Waals surface area contributed by atoms with Crippen molar-refractivity contribution in [2.75, 3.05) is 0 Å². The molecule has 0 saturated heterocycles. The Morgan fingerprint density at radius 2 is 1.68 bits per heavy atom. The van der Waals surface area contributed by atoms with E-state index in [1.54, 1.807) is 12.1 Å². The number of aryl methyl sites for hydroxylation is 1. The largest absolute Gasteiger partial charge is 0.318 e. The van der Waals surface area contributed by atoms with Gasteiger partial charge in [-0.3, -0.25) is 0 Å². The number of halogens is 1. The maximum absolute atomic E-state index is 13.9. The summed E-state index contributed by atoms with van der Waals surface area (Å²) in [5, 5.41) is 0. The molecule has 0 aliphatic carbocycles. The summed E-state index contributed by atoms with van der Waals surface area (Å²) in [6, 6.07) is 14.8. The Morgan fingerprint density at radius 3 is 2.26 bits per heavy atom. The Hall–Kier alpha value is -1.67. The minimum atomic E-state index is -0.809. The highest BCUT2D eigenvalue weighted by molar-refractivity contribution is 5.38. The lowest BCUT2D eigenvalue weighted by atomic mass is 9.85. The fourth-order valence-corrected chi connectivity index (χ4v) is 2.34. The first-order valence-corrected chi connectivity index (χ1v) is 6.69. The lowest BCUT2D eigenvalue weighted by molar-refractivity contribution is 0.530. The van der Waals surface area contributed by atoms with Gasteiger partial charge in [-0.1, -0.05) is 55.8 Å². The van der Waals surface area contributed by atoms with E-state index < -0.39 is 5.54 Å². The van der Waals surface area contributed by atoms with Crippen LogP contribution in [0.25, 0.3) is 0 Å². The van der Waals surface area contributed by atoms with E-state index in [1.807, 2.05) is 25.1 Å². The molecule has 0 aromatic heterocycles. The summed E-state index contributed by atoms with van der Waals surface area (Å²) in [4.78, 5) is 0. The van der Waals surface area contributed by atoms with Gasteiger partial charge in [0, 0.05) is 5.56 Å². The molecule has 0 spiro atoms. The van der Waals surface area contributed by atoms with E-state index in [2.05, 4.69) is 19.1 Å². The first kappa shape index (κ1) is 13.8. The third kappa shape index (κ3) is 2.85. The number of nitrogens with two attached hydrogens (primary N) is 1. The first-order valence-electron chi connectivity index (χ1n) is 6.69. The Labute approximate surface area is 114 Å². The van der Waals surface area contributed by atoms with Gasteiger partial charge in [0.25, 0.3) is 0 Å². The normalized spacial score (nSPS) is 14.1. The van der Waals surface area contributed by atoms with Crippen LogP contribution in [0.1, 0.15) is 37.0 Å². The van der Waals surface area contributed by atoms with E-state index in [4.69, 9.17) is 5.73 Å². The van der Waals surface area contributed by atoms with Crippen molar-refractivity contribution in [2.45, 2.75) is 32.2 Å². The monoisotopic (exact) mass is 257 g/mol. The second kappa shape index (κ2) is 5.54. The van der Waals surface area contributed by atoms with Gasteiger partial charge < -0.3 is 5.73 Å². The Kier molecular flexibility index (Phi) is 4.01. The van der Waals surface area contributed by atoms with Crippen molar-refractivity contribution in [2.24, 2.45) is 5.73 Å². The highest BCUT2D eigenvalue weighted by atomic mass is 19.1. The summed E-state index contributed by atoms with van der Waals surface area (Å²) in [5.41, 5.74) is 8.28. The molecule has 0 radical (unpaired) electrons. The molecule has 0 saturated carbocycles. The van der Waals surface area contributed by atoms with Crippen molar-refractivity contribution in [1.29, 1.82) is 0 Å². The predicted molar refractivity (Wildman–Crippen MR) is 77.5 cm³/mol. The van der Waals surface area contributed by atoms with Crippen molar-refractivity contribution < 1.29 is 4.39 Å². The van der Waals surface area contributed by atoms with Crippen molar-refractivity contribution in [3.63, 3.8) is 0 Å². The topological polar surface area (TPSA) is 26.0 Å². The fourth-order valence-electron chi connectivity index (χ4n) is 2.34. The number of hydrogen-bond donors (Lipinski definition) is 1. The second-order valence-corrected chi connectivity index (χ2v) is 5.13. The minimum absolute atomic E-state index is 0.259. The molecular weight excluding hydrogens is 237 g/mol. The maximum atomic E-state index is 13.9. The molecule has 100 valence electrons. The van der Waals surface area contributed by atoms with Gasteiger partial charge in [0.2, 0.25) is 0 Å². The van der Waals surface area contributed by atoms with Crippen LogP contribution in [0.3, 0.4) is 0 Å². The predicted octanol–water partition coefficient (Wildman–Crippen LogP) is 4.00. The Balaban J connectivity index is 2.36. The molecule has 0 aliphatic heterocycles. The summed E-state index contributed by atoms with van der Waals surface area (Å²) in [5.74, 6) is -0.259. The molecule has 2 aromatic rings. The van der Waals surface area contributed by atoms with Crippen molar-refractivity contribution >= 4 is 0 Å². The molecule has 2 N–H and O–H groups in total. The van der Waals surface area contributed by atoms with Gasteiger partial charge in [0.1, 0.15) is 5.82 Å². The molecule has 0 aliphatic rings. The zero-order chi connectivity index (χ0) is 13.9. The second-order valence-electron chi connectivity index (χ2n) is 5.13. The fraction of sp³-hybridized carbons (Fsp3) is 0.294. The molecule has 19 heavy (non-hydrogen) atoms. The van der Waals surface area contributed by atoms with Crippen LogP contribution in [0.4, 0.5) is 4.39 Å². The van der Waals surface area contributed by atoms with Crippen molar-refractivity contribution in [1.82, 2.24) is 0 Å². The van der Waals surface area contributed by atoms with Crippen LogP contribution in [0.15, 0.2) is 48.5 Å². The van der Waals surface area contributed by atoms with Crippen molar-refractivity contribution in [3.8, 4) is 0 Å². The van der Waals surface area contributed by atoms with E-state index >= 15 is 0 Å². The van der Waals surface area contributed by atoms with Crippen LogP contribution in [-0.2, 0) is 12.0 Å². The van der Waals surface area contributed by atoms with E-state index in [0.717, 1.165) is 18.4 Å². The first-order chi connectivity index (χ1) is 9.05. The minimum Gasteiger partial charge on any atom is -0.318 e. The summed E-state index contributed by atoms with van der Waals surface area (Å²) < 4.78 is 13.9. The van der Waals surface area contributed by atoms with Gasteiger partial charge in [-0.15, -0.1) is 0 Å². The van der Waals surface area contributed by atoms with Gasteiger partial charge in [-0.25, -0.2) is 4.39 Å². The van der Waals surface area contributed by atoms with Crippen LogP contribution >= 0.6 is 0 Å². The van der Waals surface area contributed by atoms with Gasteiger partial charge in [-0.05, 0) is 30.5 Å². The maximum Gasteiger partial charge on any atom is 0.128 e. The Bertz CT molecular complexity index is 543. The van der Waals surface area contributed by atoms with E-state index in [-0.39, 0.29) is 5.82 Å². The van der Waals surface area contributed by atoms with Gasteiger partial charge >= 0.3 is 0 Å². The molecule has 2 aromatic carbocycles. The number of benzene rings is 2. The van der Waals surface area contributed by atoms with E-state index in [1.165, 1.54) is 11.6 Å². The molecule has 1 atom stereocenters. The van der Waals surface area contributed by atoms with Crippen LogP contribution in [0.2, 0.25) is 0 Å². The van der Waals surface area contributed by atoms with E-state index in [0.29, 0.717) is 5.56 Å². The summed E-state index contributed by atoms with van der Waals surface area (Å²) in [6.07, 6.45) is 2.17. The molecule has 0 fully saturated rings. The van der Waals surface area contributed by atoms with Gasteiger partial charge in [0.05, 0.1) is 5.54 Å². The van der Waals surface area contributed by atoms with Gasteiger partial charge in [-0.2, -0.15) is 0 Å². The lowest BCUT2D eigenvalue weighted by Crippen LogP contribution is -2.35. The third-order valence-electron chi connectivity index (χ3n) is 3.53. The molecule has 2 rings (SSSR count). The van der Waals surface area contributed by atoms with Crippen LogP contribution in [0.5, 0.6) is 0 Å². The molecule has 1 unspecified atom stereocenters. The summed E-state index contributed by atoms with van der Waals surface area (Å²) in [7, 11) is 0. The standard InChI is InChI=1S/C17H20FN/c1-3-6-13-9-11-14(12-10-13)17(2,19)15-7-4-5-8-16(15)18/h4-5,7-12H,3,6,19H2,1-2H3. The number of rotatable bonds is 4. The highest BCUT2D eigenvalue weighted by Gasteiger charge is 2.26. The Morgan fingerprint density at radius 1 is 1.05 bits per heavy atom. The van der Waals surface area contributed by atoms with E-state index in [9.17, 15) is 4.39 Å². The molecular formula is C17H20FN. The smallest absolute Gasteiger partial charge is 0.128 e. The molecule has 0 bridgehead atoms. The van der Waals surface area contributed by atoms with Crippen molar-refractivity contribution in [3.05, 3.63) is 71.0 Å². The summed E-state index contributed by atoms with van der Waals surface area (Å²) >= 11 is 0. The quantitative estimate of drug-likeness (QED) is 0.880. The molecule has 2 heteroatoms. The zero-order valence-electron chi connectivity index (χ0n) is 11.5. The zero-order valence-corrected chi connectivity index (χ0v) is 11.5. The molecule has 0 amide bonds.